The smallest absolute Gasteiger partial charge is 0.242 e. The lowest BCUT2D eigenvalue weighted by molar-refractivity contribution is -0.119. The number of aliphatic imine (C=N–C) groups is 1. The van der Waals surface area contributed by atoms with E-state index in [4.69, 9.17) is 4.42 Å². The quantitative estimate of drug-likeness (QED) is 0.238. The van der Waals surface area contributed by atoms with Gasteiger partial charge in [0.25, 0.3) is 0 Å². The van der Waals surface area contributed by atoms with Gasteiger partial charge in [0.05, 0.1) is 18.8 Å². The summed E-state index contributed by atoms with van der Waals surface area (Å²) in [6.45, 7) is 10.1. The predicted molar refractivity (Wildman–Crippen MR) is 132 cm³/mol. The van der Waals surface area contributed by atoms with Crippen LogP contribution in [0.1, 0.15) is 38.1 Å². The molecular weight excluding hydrogens is 493 g/mol. The summed E-state index contributed by atoms with van der Waals surface area (Å²) >= 11 is 0. The lowest BCUT2D eigenvalue weighted by atomic mass is 10.1. The van der Waals surface area contributed by atoms with E-state index in [1.165, 1.54) is 5.56 Å². The zero-order valence-corrected chi connectivity index (χ0v) is 20.4. The molecule has 7 nitrogen and oxygen atoms in total. The van der Waals surface area contributed by atoms with Crippen LogP contribution >= 0.6 is 24.0 Å². The van der Waals surface area contributed by atoms with Crippen molar-refractivity contribution in [3.05, 3.63) is 60.1 Å². The maximum absolute atomic E-state index is 12.1. The third-order valence-corrected chi connectivity index (χ3v) is 4.67. The number of carbonyl (C=O) groups excluding carboxylic acids is 1. The van der Waals surface area contributed by atoms with Gasteiger partial charge in [-0.05, 0) is 37.7 Å². The second kappa shape index (κ2) is 14.8. The normalized spacial score (nSPS) is 12.2. The van der Waals surface area contributed by atoms with Crippen LogP contribution in [0.2, 0.25) is 0 Å². The fraction of sp³-hybridized carbons (Fsp3) is 0.455. The first kappa shape index (κ1) is 26.0. The first-order valence-corrected chi connectivity index (χ1v) is 10.3. The molecule has 0 saturated carbocycles. The van der Waals surface area contributed by atoms with E-state index < -0.39 is 0 Å². The molecule has 2 rings (SSSR count). The van der Waals surface area contributed by atoms with Crippen molar-refractivity contribution in [2.75, 3.05) is 32.7 Å². The SMILES string of the molecule is CCNC(=NCC(=O)NCc1ccco1)NCC(c1ccccc1)N(CC)CC.I. The van der Waals surface area contributed by atoms with Crippen molar-refractivity contribution in [2.45, 2.75) is 33.4 Å². The third kappa shape index (κ3) is 8.74. The van der Waals surface area contributed by atoms with Gasteiger partial charge in [-0.15, -0.1) is 24.0 Å². The van der Waals surface area contributed by atoms with Crippen LogP contribution in [0.5, 0.6) is 0 Å². The number of likely N-dealkylation sites (N-methyl/N-ethyl adjacent to an activating group) is 1. The van der Waals surface area contributed by atoms with Gasteiger partial charge in [-0.1, -0.05) is 44.2 Å². The summed E-state index contributed by atoms with van der Waals surface area (Å²) in [4.78, 5) is 18.9. The molecule has 1 aromatic carbocycles. The summed E-state index contributed by atoms with van der Waals surface area (Å²) in [5, 5.41) is 9.41. The first-order valence-electron chi connectivity index (χ1n) is 10.3. The summed E-state index contributed by atoms with van der Waals surface area (Å²) in [5.74, 6) is 1.20. The van der Waals surface area contributed by atoms with Gasteiger partial charge >= 0.3 is 0 Å². The standard InChI is InChI=1S/C22H33N5O2.HI/c1-4-23-22(26-17-21(28)24-15-19-13-10-14-29-19)25-16-20(27(5-2)6-3)18-11-8-7-9-12-18;/h7-14,20H,4-6,15-17H2,1-3H3,(H,24,28)(H2,23,25,26);1H. The van der Waals surface area contributed by atoms with Crippen LogP contribution in [0.15, 0.2) is 58.1 Å². The zero-order chi connectivity index (χ0) is 20.9. The van der Waals surface area contributed by atoms with Gasteiger partial charge in [-0.3, -0.25) is 9.69 Å². The van der Waals surface area contributed by atoms with E-state index in [2.05, 4.69) is 64.0 Å². The third-order valence-electron chi connectivity index (χ3n) is 4.67. The molecule has 1 aromatic heterocycles. The molecule has 0 aliphatic carbocycles. The molecule has 1 amide bonds. The monoisotopic (exact) mass is 527 g/mol. The highest BCUT2D eigenvalue weighted by atomic mass is 127. The molecule has 1 heterocycles. The summed E-state index contributed by atoms with van der Waals surface area (Å²) in [6, 6.07) is 14.3. The Kier molecular flexibility index (Phi) is 12.8. The summed E-state index contributed by atoms with van der Waals surface area (Å²) in [6.07, 6.45) is 1.59. The number of amides is 1. The van der Waals surface area contributed by atoms with Crippen LogP contribution in [0.4, 0.5) is 0 Å². The summed E-state index contributed by atoms with van der Waals surface area (Å²) in [5.41, 5.74) is 1.26. The number of furan rings is 1. The van der Waals surface area contributed by atoms with Gasteiger partial charge in [0.15, 0.2) is 5.96 Å². The molecule has 0 bridgehead atoms. The van der Waals surface area contributed by atoms with Crippen LogP contribution in [0, 0.1) is 0 Å². The molecule has 0 spiro atoms. The van der Waals surface area contributed by atoms with Crippen molar-refractivity contribution < 1.29 is 9.21 Å². The van der Waals surface area contributed by atoms with E-state index in [9.17, 15) is 4.79 Å². The van der Waals surface area contributed by atoms with Gasteiger partial charge < -0.3 is 20.4 Å². The Balaban J connectivity index is 0.00000450. The molecule has 30 heavy (non-hydrogen) atoms. The van der Waals surface area contributed by atoms with E-state index in [0.717, 1.165) is 25.4 Å². The topological polar surface area (TPSA) is 81.9 Å². The van der Waals surface area contributed by atoms with Crippen molar-refractivity contribution in [2.24, 2.45) is 4.99 Å². The summed E-state index contributed by atoms with van der Waals surface area (Å²) in [7, 11) is 0. The lowest BCUT2D eigenvalue weighted by Crippen LogP contribution is -2.43. The van der Waals surface area contributed by atoms with Crippen LogP contribution in [0.25, 0.3) is 0 Å². The molecular formula is C22H34IN5O2. The zero-order valence-electron chi connectivity index (χ0n) is 18.1. The molecule has 0 radical (unpaired) electrons. The Hall–Kier alpha value is -2.07. The first-order chi connectivity index (χ1) is 14.2. The maximum atomic E-state index is 12.1. The highest BCUT2D eigenvalue weighted by Crippen LogP contribution is 2.19. The predicted octanol–water partition coefficient (Wildman–Crippen LogP) is 3.15. The Morgan fingerprint density at radius 3 is 2.37 bits per heavy atom. The fourth-order valence-electron chi connectivity index (χ4n) is 3.14. The molecule has 0 saturated heterocycles. The number of halogens is 1. The molecule has 1 atom stereocenters. The number of nitrogens with zero attached hydrogens (tertiary/aromatic N) is 2. The fourth-order valence-corrected chi connectivity index (χ4v) is 3.14. The molecule has 166 valence electrons. The number of benzene rings is 1. The van der Waals surface area contributed by atoms with E-state index in [0.29, 0.717) is 19.0 Å². The second-order valence-electron chi connectivity index (χ2n) is 6.58. The largest absolute Gasteiger partial charge is 0.467 e. The Labute approximate surface area is 196 Å². The minimum atomic E-state index is -0.151. The van der Waals surface area contributed by atoms with E-state index in [1.54, 1.807) is 12.3 Å². The average molecular weight is 527 g/mol. The molecule has 0 aliphatic rings. The van der Waals surface area contributed by atoms with Crippen molar-refractivity contribution in [1.82, 2.24) is 20.9 Å². The molecule has 8 heteroatoms. The van der Waals surface area contributed by atoms with Gasteiger partial charge in [0.2, 0.25) is 5.91 Å². The maximum Gasteiger partial charge on any atom is 0.242 e. The minimum absolute atomic E-state index is 0. The number of guanidine groups is 1. The van der Waals surface area contributed by atoms with Gasteiger partial charge in [-0.25, -0.2) is 4.99 Å². The number of hydrogen-bond acceptors (Lipinski definition) is 4. The van der Waals surface area contributed by atoms with E-state index >= 15 is 0 Å². The Morgan fingerprint density at radius 1 is 1.03 bits per heavy atom. The van der Waals surface area contributed by atoms with Gasteiger partial charge in [-0.2, -0.15) is 0 Å². The van der Waals surface area contributed by atoms with Crippen molar-refractivity contribution in [1.29, 1.82) is 0 Å². The average Bonchev–Trinajstić information content (AvgIpc) is 3.27. The molecule has 3 N–H and O–H groups in total. The molecule has 0 aliphatic heterocycles. The Bertz CT molecular complexity index is 733. The van der Waals surface area contributed by atoms with Crippen molar-refractivity contribution >= 4 is 35.8 Å². The highest BCUT2D eigenvalue weighted by Gasteiger charge is 2.18. The van der Waals surface area contributed by atoms with Gasteiger partial charge in [0, 0.05) is 13.1 Å². The minimum Gasteiger partial charge on any atom is -0.467 e. The second-order valence-corrected chi connectivity index (χ2v) is 6.58. The van der Waals surface area contributed by atoms with Crippen LogP contribution < -0.4 is 16.0 Å². The molecule has 2 aromatic rings. The number of carbonyl (C=O) groups is 1. The van der Waals surface area contributed by atoms with Crippen LogP contribution in [-0.4, -0.2) is 49.5 Å². The molecule has 0 fully saturated rings. The lowest BCUT2D eigenvalue weighted by Gasteiger charge is -2.30. The number of hydrogen-bond donors (Lipinski definition) is 3. The van der Waals surface area contributed by atoms with Crippen LogP contribution in [0.3, 0.4) is 0 Å². The van der Waals surface area contributed by atoms with Gasteiger partial charge in [0.1, 0.15) is 12.3 Å². The Morgan fingerprint density at radius 2 is 1.77 bits per heavy atom. The van der Waals surface area contributed by atoms with Crippen molar-refractivity contribution in [3.63, 3.8) is 0 Å². The van der Waals surface area contributed by atoms with Crippen molar-refractivity contribution in [3.8, 4) is 0 Å². The molecule has 1 unspecified atom stereocenters. The van der Waals surface area contributed by atoms with E-state index in [1.807, 2.05) is 19.1 Å². The summed E-state index contributed by atoms with van der Waals surface area (Å²) < 4.78 is 5.22. The number of rotatable bonds is 11. The van der Waals surface area contributed by atoms with E-state index in [-0.39, 0.29) is 42.5 Å². The number of nitrogens with one attached hydrogen (secondary N) is 3. The van der Waals surface area contributed by atoms with Crippen LogP contribution in [-0.2, 0) is 11.3 Å². The highest BCUT2D eigenvalue weighted by molar-refractivity contribution is 14.0.